The van der Waals surface area contributed by atoms with Crippen LogP contribution < -0.4 is 0 Å². The lowest BCUT2D eigenvalue weighted by atomic mass is 9.93. The lowest BCUT2D eigenvalue weighted by Gasteiger charge is -2.19. The minimum atomic E-state index is -1.23. The standard InChI is InChI=1S/C11H14O2/c1-9(12)11(2,13)8-10-6-4-3-5-7-10/h3-7,13H,8H2,1-2H3/t11-/m1/s1. The van der Waals surface area contributed by atoms with Crippen molar-refractivity contribution >= 4 is 5.78 Å². The maximum atomic E-state index is 11.0. The summed E-state index contributed by atoms with van der Waals surface area (Å²) >= 11 is 0. The van der Waals surface area contributed by atoms with Gasteiger partial charge in [-0.25, -0.2) is 0 Å². The average molecular weight is 178 g/mol. The molecule has 0 heterocycles. The van der Waals surface area contributed by atoms with Gasteiger partial charge in [0.1, 0.15) is 5.60 Å². The number of hydrogen-bond acceptors (Lipinski definition) is 2. The van der Waals surface area contributed by atoms with E-state index in [1.165, 1.54) is 6.92 Å². The Bertz CT molecular complexity index is 288. The van der Waals surface area contributed by atoms with Crippen LogP contribution in [0, 0.1) is 0 Å². The fraction of sp³-hybridized carbons (Fsp3) is 0.364. The monoisotopic (exact) mass is 178 g/mol. The molecule has 13 heavy (non-hydrogen) atoms. The molecule has 1 atom stereocenters. The van der Waals surface area contributed by atoms with Gasteiger partial charge >= 0.3 is 0 Å². The molecule has 0 aliphatic carbocycles. The SMILES string of the molecule is CC(=O)[C@](C)(O)Cc1ccccc1. The minimum absolute atomic E-state index is 0.198. The summed E-state index contributed by atoms with van der Waals surface area (Å²) in [6, 6.07) is 9.50. The highest BCUT2D eigenvalue weighted by molar-refractivity contribution is 5.84. The highest BCUT2D eigenvalue weighted by Gasteiger charge is 2.26. The van der Waals surface area contributed by atoms with Crippen molar-refractivity contribution in [2.24, 2.45) is 0 Å². The van der Waals surface area contributed by atoms with E-state index in [9.17, 15) is 9.90 Å². The first-order valence-electron chi connectivity index (χ1n) is 4.30. The maximum absolute atomic E-state index is 11.0. The normalized spacial score (nSPS) is 15.0. The second-order valence-corrected chi connectivity index (χ2v) is 3.49. The topological polar surface area (TPSA) is 37.3 Å². The second-order valence-electron chi connectivity index (χ2n) is 3.49. The number of Topliss-reactive ketones (excluding diaryl/α,β-unsaturated/α-hetero) is 1. The van der Waals surface area contributed by atoms with Gasteiger partial charge < -0.3 is 5.11 Å². The summed E-state index contributed by atoms with van der Waals surface area (Å²) in [5, 5.41) is 9.70. The third kappa shape index (κ3) is 2.67. The van der Waals surface area contributed by atoms with E-state index in [-0.39, 0.29) is 5.78 Å². The maximum Gasteiger partial charge on any atom is 0.161 e. The van der Waals surface area contributed by atoms with Crippen molar-refractivity contribution in [2.75, 3.05) is 0 Å². The molecule has 1 N–H and O–H groups in total. The van der Waals surface area contributed by atoms with Crippen molar-refractivity contribution in [2.45, 2.75) is 25.9 Å². The van der Waals surface area contributed by atoms with Crippen LogP contribution in [0.4, 0.5) is 0 Å². The van der Waals surface area contributed by atoms with Crippen molar-refractivity contribution in [3.8, 4) is 0 Å². The Morgan fingerprint density at radius 1 is 1.38 bits per heavy atom. The number of carbonyl (C=O) groups excluding carboxylic acids is 1. The number of aliphatic hydroxyl groups is 1. The number of hydrogen-bond donors (Lipinski definition) is 1. The van der Waals surface area contributed by atoms with Gasteiger partial charge in [0.05, 0.1) is 0 Å². The Labute approximate surface area is 78.2 Å². The van der Waals surface area contributed by atoms with Crippen molar-refractivity contribution in [3.05, 3.63) is 35.9 Å². The van der Waals surface area contributed by atoms with E-state index < -0.39 is 5.60 Å². The lowest BCUT2D eigenvalue weighted by molar-refractivity contribution is -0.133. The van der Waals surface area contributed by atoms with Crippen LogP contribution in [0.15, 0.2) is 30.3 Å². The van der Waals surface area contributed by atoms with Crippen LogP contribution in [0.3, 0.4) is 0 Å². The lowest BCUT2D eigenvalue weighted by Crippen LogP contribution is -2.35. The molecule has 0 aliphatic heterocycles. The largest absolute Gasteiger partial charge is 0.382 e. The van der Waals surface area contributed by atoms with Gasteiger partial charge in [-0.2, -0.15) is 0 Å². The van der Waals surface area contributed by atoms with Crippen molar-refractivity contribution in [1.82, 2.24) is 0 Å². The van der Waals surface area contributed by atoms with Crippen LogP contribution in [-0.2, 0) is 11.2 Å². The van der Waals surface area contributed by atoms with Gasteiger partial charge in [0.2, 0.25) is 0 Å². The number of benzene rings is 1. The molecule has 70 valence electrons. The Hall–Kier alpha value is -1.15. The van der Waals surface area contributed by atoms with Gasteiger partial charge in [0.25, 0.3) is 0 Å². The molecule has 0 fully saturated rings. The van der Waals surface area contributed by atoms with E-state index >= 15 is 0 Å². The summed E-state index contributed by atoms with van der Waals surface area (Å²) in [6.07, 6.45) is 0.378. The smallest absolute Gasteiger partial charge is 0.161 e. The first-order chi connectivity index (χ1) is 6.02. The molecule has 0 aliphatic rings. The summed E-state index contributed by atoms with van der Waals surface area (Å²) in [7, 11) is 0. The third-order valence-corrected chi connectivity index (χ3v) is 2.15. The first-order valence-corrected chi connectivity index (χ1v) is 4.30. The van der Waals surface area contributed by atoms with Gasteiger partial charge in [-0.1, -0.05) is 30.3 Å². The number of rotatable bonds is 3. The van der Waals surface area contributed by atoms with Crippen LogP contribution in [0.1, 0.15) is 19.4 Å². The molecular formula is C11H14O2. The van der Waals surface area contributed by atoms with Crippen molar-refractivity contribution in [3.63, 3.8) is 0 Å². The van der Waals surface area contributed by atoms with E-state index in [1.54, 1.807) is 6.92 Å². The van der Waals surface area contributed by atoms with Crippen molar-refractivity contribution < 1.29 is 9.90 Å². The van der Waals surface area contributed by atoms with Gasteiger partial charge in [-0.15, -0.1) is 0 Å². The number of ketones is 1. The summed E-state index contributed by atoms with van der Waals surface area (Å²) in [6.45, 7) is 2.95. The Morgan fingerprint density at radius 3 is 2.38 bits per heavy atom. The molecule has 0 saturated carbocycles. The average Bonchev–Trinajstić information content (AvgIpc) is 2.05. The molecule has 2 nitrogen and oxygen atoms in total. The fourth-order valence-corrected chi connectivity index (χ4v) is 1.12. The summed E-state index contributed by atoms with van der Waals surface area (Å²) in [4.78, 5) is 11.0. The van der Waals surface area contributed by atoms with Crippen LogP contribution in [0.25, 0.3) is 0 Å². The Kier molecular flexibility index (Phi) is 2.83. The molecule has 2 heteroatoms. The van der Waals surface area contributed by atoms with E-state index in [0.29, 0.717) is 6.42 Å². The molecule has 0 saturated heterocycles. The van der Waals surface area contributed by atoms with Crippen molar-refractivity contribution in [1.29, 1.82) is 0 Å². The zero-order valence-corrected chi connectivity index (χ0v) is 7.95. The Morgan fingerprint density at radius 2 is 1.92 bits per heavy atom. The van der Waals surface area contributed by atoms with E-state index in [1.807, 2.05) is 30.3 Å². The summed E-state index contributed by atoms with van der Waals surface area (Å²) < 4.78 is 0. The molecule has 1 aromatic rings. The van der Waals surface area contributed by atoms with E-state index in [4.69, 9.17) is 0 Å². The molecule has 0 unspecified atom stereocenters. The molecule has 0 aromatic heterocycles. The van der Waals surface area contributed by atoms with Gasteiger partial charge in [0, 0.05) is 6.42 Å². The highest BCUT2D eigenvalue weighted by Crippen LogP contribution is 2.13. The molecular weight excluding hydrogens is 164 g/mol. The molecule has 1 aromatic carbocycles. The predicted molar refractivity (Wildman–Crippen MR) is 51.5 cm³/mol. The third-order valence-electron chi connectivity index (χ3n) is 2.15. The van der Waals surface area contributed by atoms with Gasteiger partial charge in [-0.05, 0) is 19.4 Å². The Balaban J connectivity index is 2.75. The number of carbonyl (C=O) groups is 1. The van der Waals surface area contributed by atoms with Crippen LogP contribution >= 0.6 is 0 Å². The zero-order chi connectivity index (χ0) is 9.90. The summed E-state index contributed by atoms with van der Waals surface area (Å²) in [5.74, 6) is -0.198. The molecule has 0 bridgehead atoms. The predicted octanol–water partition coefficient (Wildman–Crippen LogP) is 1.57. The molecule has 0 amide bonds. The minimum Gasteiger partial charge on any atom is -0.382 e. The first kappa shape index (κ1) is 9.93. The molecule has 1 rings (SSSR count). The fourth-order valence-electron chi connectivity index (χ4n) is 1.12. The quantitative estimate of drug-likeness (QED) is 0.762. The van der Waals surface area contributed by atoms with Crippen LogP contribution in [0.2, 0.25) is 0 Å². The van der Waals surface area contributed by atoms with Crippen LogP contribution in [-0.4, -0.2) is 16.5 Å². The van der Waals surface area contributed by atoms with Crippen LogP contribution in [0.5, 0.6) is 0 Å². The van der Waals surface area contributed by atoms with Gasteiger partial charge in [-0.3, -0.25) is 4.79 Å². The summed E-state index contributed by atoms with van der Waals surface area (Å²) in [5.41, 5.74) is -0.260. The second kappa shape index (κ2) is 3.71. The van der Waals surface area contributed by atoms with E-state index in [2.05, 4.69) is 0 Å². The molecule has 0 spiro atoms. The van der Waals surface area contributed by atoms with Gasteiger partial charge in [0.15, 0.2) is 5.78 Å². The molecule has 0 radical (unpaired) electrons. The highest BCUT2D eigenvalue weighted by atomic mass is 16.3. The zero-order valence-electron chi connectivity index (χ0n) is 7.95. The van der Waals surface area contributed by atoms with E-state index in [0.717, 1.165) is 5.56 Å².